The molecular formula is C28H33N3O6. The van der Waals surface area contributed by atoms with E-state index in [1.54, 1.807) is 44.6 Å². The number of imidazole rings is 1. The number of esters is 1. The van der Waals surface area contributed by atoms with E-state index >= 15 is 0 Å². The minimum atomic E-state index is -0.933. The Morgan fingerprint density at radius 1 is 1.00 bits per heavy atom. The number of aromatic nitrogens is 2. The van der Waals surface area contributed by atoms with E-state index in [0.29, 0.717) is 42.4 Å². The van der Waals surface area contributed by atoms with E-state index in [4.69, 9.17) is 18.9 Å². The Balaban J connectivity index is 1.46. The summed E-state index contributed by atoms with van der Waals surface area (Å²) in [6.45, 7) is 3.03. The van der Waals surface area contributed by atoms with Crippen LogP contribution in [0, 0.1) is 0 Å². The summed E-state index contributed by atoms with van der Waals surface area (Å²) >= 11 is 0. The zero-order chi connectivity index (χ0) is 26.4. The Bertz CT molecular complexity index is 1190. The Hall–Kier alpha value is -4.01. The maximum absolute atomic E-state index is 13.3. The van der Waals surface area contributed by atoms with E-state index in [-0.39, 0.29) is 11.8 Å². The lowest BCUT2D eigenvalue weighted by Gasteiger charge is -2.34. The van der Waals surface area contributed by atoms with Crippen molar-refractivity contribution in [3.05, 3.63) is 71.8 Å². The molecule has 0 aliphatic carbocycles. The fourth-order valence-corrected chi connectivity index (χ4v) is 4.82. The maximum Gasteiger partial charge on any atom is 0.303 e. The van der Waals surface area contributed by atoms with E-state index < -0.39 is 12.1 Å². The molecule has 1 aliphatic heterocycles. The normalized spacial score (nSPS) is 14.6. The summed E-state index contributed by atoms with van der Waals surface area (Å²) in [6.07, 6.45) is 4.36. The summed E-state index contributed by atoms with van der Waals surface area (Å²) in [5.74, 6) is 2.26. The van der Waals surface area contributed by atoms with Gasteiger partial charge < -0.3 is 28.4 Å². The summed E-state index contributed by atoms with van der Waals surface area (Å²) in [5, 5.41) is 0. The van der Waals surface area contributed by atoms with Gasteiger partial charge in [-0.3, -0.25) is 9.59 Å². The molecule has 2 heterocycles. The molecule has 4 rings (SSSR count). The second-order valence-corrected chi connectivity index (χ2v) is 8.95. The first kappa shape index (κ1) is 26.1. The first-order chi connectivity index (χ1) is 17.9. The number of ether oxygens (including phenoxy) is 4. The van der Waals surface area contributed by atoms with E-state index in [1.807, 2.05) is 36.5 Å². The van der Waals surface area contributed by atoms with E-state index in [1.165, 1.54) is 6.92 Å². The van der Waals surface area contributed by atoms with Crippen LogP contribution in [0.4, 0.5) is 0 Å². The van der Waals surface area contributed by atoms with Crippen molar-refractivity contribution >= 4 is 11.9 Å². The second-order valence-electron chi connectivity index (χ2n) is 8.95. The Kier molecular flexibility index (Phi) is 8.32. The van der Waals surface area contributed by atoms with Crippen LogP contribution in [0.3, 0.4) is 0 Å². The molecule has 1 atom stereocenters. The molecule has 1 fully saturated rings. The van der Waals surface area contributed by atoms with Gasteiger partial charge in [-0.15, -0.1) is 0 Å². The van der Waals surface area contributed by atoms with Gasteiger partial charge in [0.1, 0.15) is 5.82 Å². The highest BCUT2D eigenvalue weighted by Crippen LogP contribution is 2.39. The lowest BCUT2D eigenvalue weighted by molar-refractivity contribution is -0.159. The van der Waals surface area contributed by atoms with Crippen molar-refractivity contribution in [2.24, 2.45) is 0 Å². The minimum absolute atomic E-state index is 0.194. The van der Waals surface area contributed by atoms with Crippen LogP contribution in [0.5, 0.6) is 17.2 Å². The molecular weight excluding hydrogens is 474 g/mol. The molecule has 9 nitrogen and oxygen atoms in total. The van der Waals surface area contributed by atoms with Crippen molar-refractivity contribution in [1.29, 1.82) is 0 Å². The topological polar surface area (TPSA) is 92.1 Å². The number of carbonyl (C=O) groups excluding carboxylic acids is 2. The smallest absolute Gasteiger partial charge is 0.303 e. The van der Waals surface area contributed by atoms with Crippen LogP contribution in [0.25, 0.3) is 0 Å². The van der Waals surface area contributed by atoms with Crippen LogP contribution in [0.1, 0.15) is 48.7 Å². The number of piperidine rings is 1. The van der Waals surface area contributed by atoms with Gasteiger partial charge in [0.25, 0.3) is 5.91 Å². The SMILES string of the molecule is COc1cc(Cn2ccnc2C2CCN(C(=O)C(OC(C)=O)c3ccccc3)CC2)cc(OC)c1OC. The van der Waals surface area contributed by atoms with E-state index in [9.17, 15) is 9.59 Å². The number of likely N-dealkylation sites (tertiary alicyclic amines) is 1. The molecule has 1 saturated heterocycles. The van der Waals surface area contributed by atoms with Gasteiger partial charge in [-0.05, 0) is 30.5 Å². The molecule has 196 valence electrons. The molecule has 1 amide bonds. The van der Waals surface area contributed by atoms with Crippen LogP contribution >= 0.6 is 0 Å². The number of hydrogen-bond donors (Lipinski definition) is 0. The van der Waals surface area contributed by atoms with Crippen LogP contribution < -0.4 is 14.2 Å². The summed E-state index contributed by atoms with van der Waals surface area (Å²) in [6, 6.07) is 13.0. The lowest BCUT2D eigenvalue weighted by atomic mass is 9.95. The number of methoxy groups -OCH3 is 3. The number of carbonyl (C=O) groups is 2. The quantitative estimate of drug-likeness (QED) is 0.405. The first-order valence-corrected chi connectivity index (χ1v) is 12.3. The molecule has 2 aromatic carbocycles. The molecule has 0 bridgehead atoms. The Morgan fingerprint density at radius 2 is 1.65 bits per heavy atom. The molecule has 0 N–H and O–H groups in total. The van der Waals surface area contributed by atoms with Gasteiger partial charge >= 0.3 is 5.97 Å². The zero-order valence-corrected chi connectivity index (χ0v) is 21.7. The molecule has 9 heteroatoms. The predicted molar refractivity (Wildman–Crippen MR) is 137 cm³/mol. The van der Waals surface area contributed by atoms with Crippen molar-refractivity contribution < 1.29 is 28.5 Å². The second kappa shape index (κ2) is 11.8. The average Bonchev–Trinajstić information content (AvgIpc) is 3.39. The molecule has 1 unspecified atom stereocenters. The molecule has 0 saturated carbocycles. The van der Waals surface area contributed by atoms with Crippen LogP contribution in [-0.2, 0) is 20.9 Å². The van der Waals surface area contributed by atoms with E-state index in [0.717, 1.165) is 24.2 Å². The third kappa shape index (κ3) is 5.87. The predicted octanol–water partition coefficient (Wildman–Crippen LogP) is 3.97. The molecule has 3 aromatic rings. The number of hydrogen-bond acceptors (Lipinski definition) is 7. The minimum Gasteiger partial charge on any atom is -0.493 e. The van der Waals surface area contributed by atoms with Gasteiger partial charge in [0.2, 0.25) is 11.9 Å². The first-order valence-electron chi connectivity index (χ1n) is 12.3. The molecule has 1 aliphatic rings. The molecule has 0 radical (unpaired) electrons. The third-order valence-corrected chi connectivity index (χ3v) is 6.61. The highest BCUT2D eigenvalue weighted by molar-refractivity contribution is 5.84. The summed E-state index contributed by atoms with van der Waals surface area (Å²) in [4.78, 5) is 31.4. The van der Waals surface area contributed by atoms with Gasteiger partial charge in [0, 0.05) is 50.4 Å². The summed E-state index contributed by atoms with van der Waals surface area (Å²) in [5.41, 5.74) is 1.67. The molecule has 0 spiro atoms. The third-order valence-electron chi connectivity index (χ3n) is 6.61. The highest BCUT2D eigenvalue weighted by Gasteiger charge is 2.32. The number of benzene rings is 2. The number of rotatable bonds is 9. The van der Waals surface area contributed by atoms with Crippen LogP contribution in [-0.4, -0.2) is 60.7 Å². The summed E-state index contributed by atoms with van der Waals surface area (Å²) in [7, 11) is 4.78. The van der Waals surface area contributed by atoms with Crippen molar-refractivity contribution in [3.8, 4) is 17.2 Å². The maximum atomic E-state index is 13.3. The number of nitrogens with zero attached hydrogens (tertiary/aromatic N) is 3. The van der Waals surface area contributed by atoms with E-state index in [2.05, 4.69) is 9.55 Å². The van der Waals surface area contributed by atoms with Gasteiger partial charge in [-0.25, -0.2) is 4.98 Å². The van der Waals surface area contributed by atoms with Crippen molar-refractivity contribution in [2.45, 2.75) is 38.3 Å². The largest absolute Gasteiger partial charge is 0.493 e. The zero-order valence-electron chi connectivity index (χ0n) is 21.7. The van der Waals surface area contributed by atoms with Gasteiger partial charge in [-0.2, -0.15) is 0 Å². The van der Waals surface area contributed by atoms with Crippen molar-refractivity contribution in [1.82, 2.24) is 14.5 Å². The van der Waals surface area contributed by atoms with Crippen molar-refractivity contribution in [2.75, 3.05) is 34.4 Å². The summed E-state index contributed by atoms with van der Waals surface area (Å²) < 4.78 is 24.0. The molecule has 1 aromatic heterocycles. The monoisotopic (exact) mass is 507 g/mol. The Morgan fingerprint density at radius 3 is 2.22 bits per heavy atom. The lowest BCUT2D eigenvalue weighted by Crippen LogP contribution is -2.42. The van der Waals surface area contributed by atoms with Gasteiger partial charge in [0.15, 0.2) is 11.5 Å². The van der Waals surface area contributed by atoms with Gasteiger partial charge in [0.05, 0.1) is 21.3 Å². The fraction of sp³-hybridized carbons (Fsp3) is 0.393. The van der Waals surface area contributed by atoms with Crippen LogP contribution in [0.15, 0.2) is 54.9 Å². The standard InChI is InChI=1S/C28H33N3O6/c1-19(32)37-25(21-8-6-5-7-9-21)28(33)30-13-10-22(11-14-30)27-29-12-15-31(27)18-20-16-23(34-2)26(36-4)24(17-20)35-3/h5-9,12,15-17,22,25H,10-11,13-14,18H2,1-4H3. The fourth-order valence-electron chi connectivity index (χ4n) is 4.82. The van der Waals surface area contributed by atoms with Gasteiger partial charge in [-0.1, -0.05) is 30.3 Å². The van der Waals surface area contributed by atoms with Crippen molar-refractivity contribution in [3.63, 3.8) is 0 Å². The van der Waals surface area contributed by atoms with Crippen LogP contribution in [0.2, 0.25) is 0 Å². The Labute approximate surface area is 216 Å². The average molecular weight is 508 g/mol. The highest BCUT2D eigenvalue weighted by atomic mass is 16.5. The molecule has 37 heavy (non-hydrogen) atoms. The number of amides is 1.